The summed E-state index contributed by atoms with van der Waals surface area (Å²) in [5.41, 5.74) is 1.00. The molecule has 0 aromatic rings. The summed E-state index contributed by atoms with van der Waals surface area (Å²) in [5, 5.41) is 11.4. The second-order valence-electron chi connectivity index (χ2n) is 12.5. The van der Waals surface area contributed by atoms with Gasteiger partial charge in [0.2, 0.25) is 0 Å². The van der Waals surface area contributed by atoms with E-state index >= 15 is 0 Å². The highest BCUT2D eigenvalue weighted by atomic mass is 28.4. The van der Waals surface area contributed by atoms with Crippen molar-refractivity contribution in [3.63, 3.8) is 0 Å². The minimum Gasteiger partial charge on any atom is -0.411 e. The Morgan fingerprint density at radius 2 is 1.48 bits per heavy atom. The maximum atomic E-state index is 11.1. The Hall–Kier alpha value is 0.0138. The van der Waals surface area contributed by atoms with Crippen LogP contribution in [-0.4, -0.2) is 52.3 Å². The molecule has 1 heterocycles. The third-order valence-electron chi connectivity index (χ3n) is 7.72. The number of fused-ring (bicyclic) bond motifs is 1. The Morgan fingerprint density at radius 1 is 1.00 bits per heavy atom. The Kier molecular flexibility index (Phi) is 7.12. The lowest BCUT2D eigenvalue weighted by Gasteiger charge is -2.46. The molecule has 170 valence electrons. The molecule has 6 heteroatoms. The number of hydrogen-bond donors (Lipinski definition) is 1. The van der Waals surface area contributed by atoms with Crippen molar-refractivity contribution < 1.29 is 18.7 Å². The zero-order valence-corrected chi connectivity index (χ0v) is 22.8. The Labute approximate surface area is 181 Å². The van der Waals surface area contributed by atoms with Gasteiger partial charge in [-0.15, -0.1) is 6.58 Å². The fourth-order valence-corrected chi connectivity index (χ4v) is 6.39. The van der Waals surface area contributed by atoms with Crippen LogP contribution in [0.1, 0.15) is 61.3 Å². The molecule has 2 rings (SSSR count). The minimum atomic E-state index is -1.98. The van der Waals surface area contributed by atoms with E-state index in [2.05, 4.69) is 74.3 Å². The van der Waals surface area contributed by atoms with Gasteiger partial charge >= 0.3 is 0 Å². The van der Waals surface area contributed by atoms with Crippen LogP contribution < -0.4 is 0 Å². The predicted molar refractivity (Wildman–Crippen MR) is 126 cm³/mol. The van der Waals surface area contributed by atoms with E-state index in [4.69, 9.17) is 13.6 Å². The second kappa shape index (κ2) is 8.17. The fraction of sp³-hybridized carbons (Fsp3) is 0.913. The predicted octanol–water partition coefficient (Wildman–Crippen LogP) is 5.88. The molecule has 0 amide bonds. The van der Waals surface area contributed by atoms with Gasteiger partial charge in [0.25, 0.3) is 0 Å². The van der Waals surface area contributed by atoms with Gasteiger partial charge in [0.1, 0.15) is 12.2 Å². The summed E-state index contributed by atoms with van der Waals surface area (Å²) in [6.07, 6.45) is 1.05. The topological polar surface area (TPSA) is 51.2 Å². The number of rotatable bonds is 7. The van der Waals surface area contributed by atoms with E-state index < -0.39 is 22.7 Å². The molecule has 1 aliphatic heterocycles. The van der Waals surface area contributed by atoms with E-state index in [1.807, 2.05) is 6.92 Å². The van der Waals surface area contributed by atoms with Crippen LogP contribution in [0.5, 0.6) is 0 Å². The van der Waals surface area contributed by atoms with Crippen LogP contribution in [0.2, 0.25) is 36.3 Å². The lowest BCUT2D eigenvalue weighted by atomic mass is 9.79. The fourth-order valence-electron chi connectivity index (χ4n) is 3.71. The van der Waals surface area contributed by atoms with Gasteiger partial charge in [-0.25, -0.2) is 0 Å². The molecule has 0 spiro atoms. The molecular formula is C23H46O4Si2. The standard InChI is InChI=1S/C23H46O4Si2/c1-15(2)13-17(24)16-14-18(26-28(9,10)22(3,4)5)20-21(25-20)19(16)27-29(11,12)23(6,7)8/h16-21,24H,1,13-14H2,2-12H3/t16-,17-,18-,19-,20-,21+/m0/s1. The molecule has 0 aromatic heterocycles. The smallest absolute Gasteiger partial charge is 0.192 e. The van der Waals surface area contributed by atoms with Crippen molar-refractivity contribution in [3.05, 3.63) is 12.2 Å². The highest BCUT2D eigenvalue weighted by Gasteiger charge is 2.61. The van der Waals surface area contributed by atoms with E-state index in [0.717, 1.165) is 12.0 Å². The van der Waals surface area contributed by atoms with Gasteiger partial charge in [0.05, 0.1) is 18.3 Å². The molecule has 1 saturated carbocycles. The molecule has 0 aromatic carbocycles. The van der Waals surface area contributed by atoms with Crippen LogP contribution in [0.3, 0.4) is 0 Å². The van der Waals surface area contributed by atoms with Crippen molar-refractivity contribution in [2.75, 3.05) is 0 Å². The van der Waals surface area contributed by atoms with Crippen LogP contribution >= 0.6 is 0 Å². The lowest BCUT2D eigenvalue weighted by Crippen LogP contribution is -2.55. The molecular weight excluding hydrogens is 396 g/mol. The summed E-state index contributed by atoms with van der Waals surface area (Å²) < 4.78 is 19.8. The molecule has 2 fully saturated rings. The first-order valence-electron chi connectivity index (χ1n) is 11.2. The van der Waals surface area contributed by atoms with Crippen molar-refractivity contribution in [1.82, 2.24) is 0 Å². The number of epoxide rings is 1. The Morgan fingerprint density at radius 3 is 1.93 bits per heavy atom. The summed E-state index contributed by atoms with van der Waals surface area (Å²) >= 11 is 0. The first kappa shape index (κ1) is 25.3. The summed E-state index contributed by atoms with van der Waals surface area (Å²) in [4.78, 5) is 0. The monoisotopic (exact) mass is 442 g/mol. The third-order valence-corrected chi connectivity index (χ3v) is 16.7. The Balaban J connectivity index is 2.26. The normalized spacial score (nSPS) is 31.9. The first-order valence-corrected chi connectivity index (χ1v) is 17.0. The molecule has 0 bridgehead atoms. The molecule has 6 atom stereocenters. The summed E-state index contributed by atoms with van der Waals surface area (Å²) in [5.74, 6) is 0.0133. The molecule has 4 nitrogen and oxygen atoms in total. The van der Waals surface area contributed by atoms with Gasteiger partial charge in [-0.05, 0) is 56.0 Å². The number of aliphatic hydroxyl groups excluding tert-OH is 1. The van der Waals surface area contributed by atoms with E-state index in [1.165, 1.54) is 0 Å². The summed E-state index contributed by atoms with van der Waals surface area (Å²) in [6, 6.07) is 0. The average molecular weight is 443 g/mol. The van der Waals surface area contributed by atoms with Crippen LogP contribution in [-0.2, 0) is 13.6 Å². The molecule has 0 radical (unpaired) electrons. The van der Waals surface area contributed by atoms with Gasteiger partial charge in [-0.2, -0.15) is 0 Å². The van der Waals surface area contributed by atoms with Crippen molar-refractivity contribution in [2.45, 2.75) is 128 Å². The van der Waals surface area contributed by atoms with Gasteiger partial charge in [0, 0.05) is 5.92 Å². The molecule has 2 aliphatic rings. The van der Waals surface area contributed by atoms with Crippen molar-refractivity contribution in [1.29, 1.82) is 0 Å². The first-order chi connectivity index (χ1) is 12.9. The number of aliphatic hydroxyl groups is 1. The number of ether oxygens (including phenoxy) is 1. The molecule has 1 aliphatic carbocycles. The minimum absolute atomic E-state index is 0.0133. The highest BCUT2D eigenvalue weighted by Crippen LogP contribution is 2.50. The van der Waals surface area contributed by atoms with Crippen molar-refractivity contribution >= 4 is 16.6 Å². The summed E-state index contributed by atoms with van der Waals surface area (Å²) in [7, 11) is -3.89. The number of hydrogen-bond acceptors (Lipinski definition) is 4. The van der Waals surface area contributed by atoms with Gasteiger partial charge < -0.3 is 18.7 Å². The van der Waals surface area contributed by atoms with Crippen LogP contribution in [0, 0.1) is 5.92 Å². The second-order valence-corrected chi connectivity index (χ2v) is 22.0. The molecule has 1 saturated heterocycles. The SMILES string of the molecule is C=C(C)C[C@H](O)[C@@H]1C[C@H](O[Si](C)(C)C(C)(C)C)[C@@H]2O[C@@H]2[C@H]1O[Si](C)(C)C(C)(C)C. The largest absolute Gasteiger partial charge is 0.411 e. The summed E-state index contributed by atoms with van der Waals surface area (Å²) in [6.45, 7) is 28.7. The molecule has 0 unspecified atom stereocenters. The zero-order valence-electron chi connectivity index (χ0n) is 20.8. The molecule has 29 heavy (non-hydrogen) atoms. The van der Waals surface area contributed by atoms with E-state index in [0.29, 0.717) is 6.42 Å². The third kappa shape index (κ3) is 5.63. The van der Waals surface area contributed by atoms with Crippen molar-refractivity contribution in [3.8, 4) is 0 Å². The van der Waals surface area contributed by atoms with Gasteiger partial charge in [-0.1, -0.05) is 47.1 Å². The van der Waals surface area contributed by atoms with Crippen LogP contribution in [0.25, 0.3) is 0 Å². The average Bonchev–Trinajstić information content (AvgIpc) is 3.26. The van der Waals surface area contributed by atoms with E-state index in [1.54, 1.807) is 0 Å². The van der Waals surface area contributed by atoms with Crippen LogP contribution in [0.15, 0.2) is 12.2 Å². The highest BCUT2D eigenvalue weighted by molar-refractivity contribution is 6.74. The van der Waals surface area contributed by atoms with Gasteiger partial charge in [0.15, 0.2) is 16.6 Å². The van der Waals surface area contributed by atoms with Crippen molar-refractivity contribution in [2.24, 2.45) is 5.92 Å². The maximum absolute atomic E-state index is 11.1. The Bertz CT molecular complexity index is 603. The molecule has 1 N–H and O–H groups in total. The quantitative estimate of drug-likeness (QED) is 0.304. The van der Waals surface area contributed by atoms with Gasteiger partial charge in [-0.3, -0.25) is 0 Å². The lowest BCUT2D eigenvalue weighted by molar-refractivity contribution is -0.0257. The van der Waals surface area contributed by atoms with Crippen LogP contribution in [0.4, 0.5) is 0 Å². The zero-order chi connectivity index (χ0) is 22.6. The van der Waals surface area contributed by atoms with E-state index in [-0.39, 0.29) is 40.4 Å². The van der Waals surface area contributed by atoms with E-state index in [9.17, 15) is 5.11 Å². The maximum Gasteiger partial charge on any atom is 0.192 e.